The van der Waals surface area contributed by atoms with Crippen LogP contribution >= 0.6 is 0 Å². The maximum Gasteiger partial charge on any atom is 0.0589 e. The molecule has 0 aliphatic rings. The Morgan fingerprint density at radius 3 is 1.57 bits per heavy atom. The Kier molecular flexibility index (Phi) is 6.05. The van der Waals surface area contributed by atoms with E-state index >= 15 is 0 Å². The standard InChI is InChI=1S/C5H12O.Na/c1-4-5(2,3)6;/h6H,4H2,1-3H3;. The first-order valence-electron chi connectivity index (χ1n) is 2.28. The normalized spacial score (nSPS) is 10.3. The average Bonchev–Trinajstić information content (AvgIpc) is 1.35. The summed E-state index contributed by atoms with van der Waals surface area (Å²) in [6.45, 7) is 5.56. The Labute approximate surface area is 67.4 Å². The molecule has 0 heterocycles. The Morgan fingerprint density at radius 1 is 1.43 bits per heavy atom. The molecule has 7 heavy (non-hydrogen) atoms. The molecule has 0 bridgehead atoms. The predicted octanol–water partition coefficient (Wildman–Crippen LogP) is 0.786. The van der Waals surface area contributed by atoms with Gasteiger partial charge in [-0.2, -0.15) is 0 Å². The van der Waals surface area contributed by atoms with E-state index in [9.17, 15) is 0 Å². The molecule has 0 aromatic heterocycles. The molecule has 0 aromatic rings. The minimum absolute atomic E-state index is 0. The van der Waals surface area contributed by atoms with Crippen LogP contribution in [0, 0.1) is 0 Å². The second-order valence-electron chi connectivity index (χ2n) is 2.17. The van der Waals surface area contributed by atoms with E-state index in [1.807, 2.05) is 6.92 Å². The SMILES string of the molecule is CCC(C)(C)O.[Na]. The fourth-order valence-electron chi connectivity index (χ4n) is 0. The van der Waals surface area contributed by atoms with Crippen molar-refractivity contribution in [1.29, 1.82) is 0 Å². The Bertz CT molecular complexity index is 37.8. The molecule has 0 spiro atoms. The average molecular weight is 111 g/mol. The summed E-state index contributed by atoms with van der Waals surface area (Å²) < 4.78 is 0. The monoisotopic (exact) mass is 111 g/mol. The second kappa shape index (κ2) is 3.90. The van der Waals surface area contributed by atoms with Crippen molar-refractivity contribution in [2.24, 2.45) is 0 Å². The van der Waals surface area contributed by atoms with E-state index < -0.39 is 5.60 Å². The third-order valence-electron chi connectivity index (χ3n) is 0.865. The van der Waals surface area contributed by atoms with Crippen LogP contribution in [0.2, 0.25) is 0 Å². The molecular weight excluding hydrogens is 99.0 g/mol. The maximum atomic E-state index is 8.83. The van der Waals surface area contributed by atoms with Gasteiger partial charge in [0.15, 0.2) is 0 Å². The van der Waals surface area contributed by atoms with Crippen LogP contribution in [0.4, 0.5) is 0 Å². The van der Waals surface area contributed by atoms with Crippen molar-refractivity contribution in [1.82, 2.24) is 0 Å². The van der Waals surface area contributed by atoms with Crippen molar-refractivity contribution in [3.05, 3.63) is 0 Å². The maximum absolute atomic E-state index is 8.83. The second-order valence-corrected chi connectivity index (χ2v) is 2.17. The van der Waals surface area contributed by atoms with Crippen molar-refractivity contribution in [2.45, 2.75) is 32.8 Å². The summed E-state index contributed by atoms with van der Waals surface area (Å²) in [6, 6.07) is 0. The third-order valence-corrected chi connectivity index (χ3v) is 0.865. The van der Waals surface area contributed by atoms with E-state index in [0.29, 0.717) is 0 Å². The van der Waals surface area contributed by atoms with Crippen LogP contribution in [0.1, 0.15) is 27.2 Å². The van der Waals surface area contributed by atoms with Crippen molar-refractivity contribution in [3.63, 3.8) is 0 Å². The minimum Gasteiger partial charge on any atom is -0.390 e. The van der Waals surface area contributed by atoms with E-state index in [-0.39, 0.29) is 29.6 Å². The first kappa shape index (κ1) is 10.9. The molecular formula is C5H12NaO. The van der Waals surface area contributed by atoms with Crippen LogP contribution in [-0.2, 0) is 0 Å². The van der Waals surface area contributed by atoms with Gasteiger partial charge in [0, 0.05) is 29.6 Å². The van der Waals surface area contributed by atoms with Gasteiger partial charge in [0.1, 0.15) is 0 Å². The van der Waals surface area contributed by atoms with Gasteiger partial charge in [0.2, 0.25) is 0 Å². The Hall–Kier alpha value is 0.960. The Morgan fingerprint density at radius 2 is 1.57 bits per heavy atom. The van der Waals surface area contributed by atoms with E-state index in [1.165, 1.54) is 0 Å². The summed E-state index contributed by atoms with van der Waals surface area (Å²) in [6.07, 6.45) is 0.826. The molecule has 1 radical (unpaired) electrons. The summed E-state index contributed by atoms with van der Waals surface area (Å²) in [5.74, 6) is 0. The third kappa shape index (κ3) is 10.9. The van der Waals surface area contributed by atoms with Gasteiger partial charge in [0.25, 0.3) is 0 Å². The van der Waals surface area contributed by atoms with Gasteiger partial charge in [-0.15, -0.1) is 0 Å². The van der Waals surface area contributed by atoms with E-state index in [4.69, 9.17) is 5.11 Å². The molecule has 0 aliphatic carbocycles. The van der Waals surface area contributed by atoms with Crippen molar-refractivity contribution in [3.8, 4) is 0 Å². The molecule has 0 saturated heterocycles. The van der Waals surface area contributed by atoms with Crippen LogP contribution in [0.3, 0.4) is 0 Å². The summed E-state index contributed by atoms with van der Waals surface area (Å²) >= 11 is 0. The van der Waals surface area contributed by atoms with E-state index in [0.717, 1.165) is 6.42 Å². The summed E-state index contributed by atoms with van der Waals surface area (Å²) in [5.41, 5.74) is -0.458. The van der Waals surface area contributed by atoms with Gasteiger partial charge in [-0.25, -0.2) is 0 Å². The topological polar surface area (TPSA) is 20.2 Å². The molecule has 0 aliphatic heterocycles. The zero-order valence-corrected chi connectivity index (χ0v) is 7.65. The molecule has 0 aromatic carbocycles. The van der Waals surface area contributed by atoms with Crippen molar-refractivity contribution in [2.75, 3.05) is 0 Å². The zero-order chi connectivity index (χ0) is 5.21. The van der Waals surface area contributed by atoms with Crippen molar-refractivity contribution >= 4 is 29.6 Å². The van der Waals surface area contributed by atoms with Gasteiger partial charge in [-0.1, -0.05) is 6.92 Å². The van der Waals surface area contributed by atoms with Crippen LogP contribution in [0.15, 0.2) is 0 Å². The van der Waals surface area contributed by atoms with Crippen LogP contribution < -0.4 is 0 Å². The largest absolute Gasteiger partial charge is 0.390 e. The van der Waals surface area contributed by atoms with E-state index in [1.54, 1.807) is 13.8 Å². The molecule has 0 amide bonds. The summed E-state index contributed by atoms with van der Waals surface area (Å²) in [4.78, 5) is 0. The number of rotatable bonds is 1. The molecule has 0 fully saturated rings. The number of hydrogen-bond donors (Lipinski definition) is 1. The first-order chi connectivity index (χ1) is 2.56. The molecule has 2 heteroatoms. The Balaban J connectivity index is 0. The predicted molar refractivity (Wildman–Crippen MR) is 32.3 cm³/mol. The van der Waals surface area contributed by atoms with Crippen molar-refractivity contribution < 1.29 is 5.11 Å². The van der Waals surface area contributed by atoms with Gasteiger partial charge in [0.05, 0.1) is 5.60 Å². The summed E-state index contributed by atoms with van der Waals surface area (Å²) in [7, 11) is 0. The minimum atomic E-state index is -0.458. The molecule has 39 valence electrons. The molecule has 0 unspecified atom stereocenters. The van der Waals surface area contributed by atoms with Crippen LogP contribution in [-0.4, -0.2) is 40.3 Å². The molecule has 0 atom stereocenters. The quantitative estimate of drug-likeness (QED) is 0.496. The summed E-state index contributed by atoms with van der Waals surface area (Å²) in [5, 5.41) is 8.83. The zero-order valence-electron chi connectivity index (χ0n) is 5.65. The van der Waals surface area contributed by atoms with Gasteiger partial charge in [-0.05, 0) is 20.3 Å². The molecule has 0 rings (SSSR count). The molecule has 0 saturated carbocycles. The first-order valence-corrected chi connectivity index (χ1v) is 2.28. The van der Waals surface area contributed by atoms with E-state index in [2.05, 4.69) is 0 Å². The fraction of sp³-hybridized carbons (Fsp3) is 1.00. The number of hydrogen-bond acceptors (Lipinski definition) is 1. The fourth-order valence-corrected chi connectivity index (χ4v) is 0. The van der Waals surface area contributed by atoms with Crippen LogP contribution in [0.5, 0.6) is 0 Å². The number of aliphatic hydroxyl groups is 1. The van der Waals surface area contributed by atoms with Gasteiger partial charge in [-0.3, -0.25) is 0 Å². The van der Waals surface area contributed by atoms with Gasteiger partial charge >= 0.3 is 0 Å². The van der Waals surface area contributed by atoms with Gasteiger partial charge < -0.3 is 5.11 Å². The van der Waals surface area contributed by atoms with Crippen LogP contribution in [0.25, 0.3) is 0 Å². The molecule has 1 N–H and O–H groups in total. The molecule has 1 nitrogen and oxygen atoms in total. The smallest absolute Gasteiger partial charge is 0.0589 e.